The molecule has 190 valence electrons. The number of carbonyl (C=O) groups excluding carboxylic acids is 4. The predicted octanol–water partition coefficient (Wildman–Crippen LogP) is 2.12. The van der Waals surface area contributed by atoms with E-state index in [1.807, 2.05) is 0 Å². The van der Waals surface area contributed by atoms with Gasteiger partial charge in [-0.15, -0.1) is 0 Å². The summed E-state index contributed by atoms with van der Waals surface area (Å²) in [5.74, 6) is -2.94. The maximum absolute atomic E-state index is 12.7. The van der Waals surface area contributed by atoms with Crippen molar-refractivity contribution >= 4 is 31.5 Å². The Morgan fingerprint density at radius 1 is 0.727 bits per heavy atom. The first-order chi connectivity index (χ1) is 15.4. The number of hydrogen-bond acceptors (Lipinski definition) is 12. The van der Waals surface area contributed by atoms with Gasteiger partial charge in [-0.1, -0.05) is 0 Å². The van der Waals surface area contributed by atoms with Crippen molar-refractivity contribution < 1.29 is 56.5 Å². The number of carbonyl (C=O) groups is 4. The van der Waals surface area contributed by atoms with E-state index >= 15 is 0 Å². The summed E-state index contributed by atoms with van der Waals surface area (Å²) in [5.41, 5.74) is 0. The zero-order valence-corrected chi connectivity index (χ0v) is 20.7. The Kier molecular flexibility index (Phi) is 12.0. The fraction of sp³-hybridized carbons (Fsp3) is 0.800. The monoisotopic (exact) mass is 496 g/mol. The van der Waals surface area contributed by atoms with Crippen LogP contribution in [-0.2, 0) is 56.5 Å². The van der Waals surface area contributed by atoms with Gasteiger partial charge in [-0.25, -0.2) is 0 Å². The van der Waals surface area contributed by atoms with Gasteiger partial charge >= 0.3 is 31.5 Å². The third kappa shape index (κ3) is 9.79. The van der Waals surface area contributed by atoms with Crippen LogP contribution in [0.1, 0.15) is 54.4 Å². The molecular formula is C20H33O12P. The van der Waals surface area contributed by atoms with Crippen molar-refractivity contribution in [1.29, 1.82) is 0 Å². The second-order valence-electron chi connectivity index (χ2n) is 7.19. The van der Waals surface area contributed by atoms with Gasteiger partial charge in [-0.2, -0.15) is 0 Å². The fourth-order valence-electron chi connectivity index (χ4n) is 3.39. The normalized spacial score (nSPS) is 25.1. The van der Waals surface area contributed by atoms with Crippen molar-refractivity contribution in [2.75, 3.05) is 19.4 Å². The Bertz CT molecular complexity index is 729. The predicted molar refractivity (Wildman–Crippen MR) is 112 cm³/mol. The highest BCUT2D eigenvalue weighted by Gasteiger charge is 2.53. The van der Waals surface area contributed by atoms with E-state index < -0.39 is 62.2 Å². The lowest BCUT2D eigenvalue weighted by atomic mass is 9.95. The summed E-state index contributed by atoms with van der Waals surface area (Å²) in [5, 5.41) is 0. The Morgan fingerprint density at radius 2 is 1.18 bits per heavy atom. The molecule has 12 nitrogen and oxygen atoms in total. The van der Waals surface area contributed by atoms with Gasteiger partial charge < -0.3 is 32.7 Å². The van der Waals surface area contributed by atoms with Crippen LogP contribution in [-0.4, -0.2) is 74.0 Å². The minimum absolute atomic E-state index is 0.0468. The molecule has 0 saturated carbocycles. The fourth-order valence-corrected chi connectivity index (χ4v) is 5.08. The third-order valence-electron chi connectivity index (χ3n) is 4.35. The number of esters is 4. The molecule has 33 heavy (non-hydrogen) atoms. The maximum Gasteiger partial charge on any atom is 0.330 e. The molecule has 5 atom stereocenters. The van der Waals surface area contributed by atoms with Crippen molar-refractivity contribution in [2.45, 2.75) is 85.1 Å². The highest BCUT2D eigenvalue weighted by atomic mass is 31.2. The number of rotatable bonds is 12. The maximum atomic E-state index is 12.7. The van der Waals surface area contributed by atoms with Crippen LogP contribution in [0.5, 0.6) is 0 Å². The smallest absolute Gasteiger partial charge is 0.330 e. The van der Waals surface area contributed by atoms with Gasteiger partial charge in [0, 0.05) is 27.7 Å². The Morgan fingerprint density at radius 3 is 1.64 bits per heavy atom. The molecule has 0 radical (unpaired) electrons. The van der Waals surface area contributed by atoms with Crippen LogP contribution < -0.4 is 0 Å². The lowest BCUT2D eigenvalue weighted by Crippen LogP contribution is -2.62. The second kappa shape index (κ2) is 13.6. The summed E-state index contributed by atoms with van der Waals surface area (Å²) in [6, 6.07) is 0. The molecule has 0 amide bonds. The molecule has 13 heteroatoms. The van der Waals surface area contributed by atoms with Gasteiger partial charge in [0.25, 0.3) is 0 Å². The molecule has 1 saturated heterocycles. The summed E-state index contributed by atoms with van der Waals surface area (Å²) in [6.45, 7) is 8.29. The van der Waals surface area contributed by atoms with E-state index in [1.54, 1.807) is 13.8 Å². The van der Waals surface area contributed by atoms with Crippen LogP contribution in [0.4, 0.5) is 0 Å². The quantitative estimate of drug-likeness (QED) is 0.221. The van der Waals surface area contributed by atoms with Crippen molar-refractivity contribution in [1.82, 2.24) is 0 Å². The largest absolute Gasteiger partial charge is 0.456 e. The van der Waals surface area contributed by atoms with E-state index in [0.717, 1.165) is 27.7 Å². The molecule has 0 aromatic rings. The van der Waals surface area contributed by atoms with Crippen molar-refractivity contribution in [3.05, 3.63) is 0 Å². The molecule has 1 rings (SSSR count). The highest BCUT2D eigenvalue weighted by Crippen LogP contribution is 2.49. The number of hydrogen-bond donors (Lipinski definition) is 0. The lowest BCUT2D eigenvalue weighted by Gasteiger charge is -2.44. The minimum Gasteiger partial charge on any atom is -0.456 e. The summed E-state index contributed by atoms with van der Waals surface area (Å²) < 4.78 is 50.1. The van der Waals surface area contributed by atoms with E-state index in [9.17, 15) is 23.7 Å². The van der Waals surface area contributed by atoms with Crippen LogP contribution in [0.2, 0.25) is 0 Å². The average molecular weight is 496 g/mol. The first-order valence-corrected chi connectivity index (χ1v) is 12.4. The summed E-state index contributed by atoms with van der Waals surface area (Å²) in [4.78, 5) is 46.8. The van der Waals surface area contributed by atoms with E-state index in [0.29, 0.717) is 0 Å². The SMILES string of the molecule is CCOP(=O)(CCC[C@H]1O[C@H](OC(C)=O)[C@@H](OC(C)=O)[C@@H](OC(C)=O)[C@@H]1OC(C)=O)OCC. The van der Waals surface area contributed by atoms with E-state index in [4.69, 9.17) is 32.7 Å². The van der Waals surface area contributed by atoms with Crippen molar-refractivity contribution in [2.24, 2.45) is 0 Å². The van der Waals surface area contributed by atoms with E-state index in [1.165, 1.54) is 0 Å². The summed E-state index contributed by atoms with van der Waals surface area (Å²) >= 11 is 0. The molecule has 0 aromatic carbocycles. The lowest BCUT2D eigenvalue weighted by molar-refractivity contribution is -0.296. The van der Waals surface area contributed by atoms with Gasteiger partial charge in [0.05, 0.1) is 19.4 Å². The molecule has 0 aromatic heterocycles. The zero-order chi connectivity index (χ0) is 25.2. The Balaban J connectivity index is 3.21. The van der Waals surface area contributed by atoms with E-state index in [-0.39, 0.29) is 32.2 Å². The molecule has 1 heterocycles. The van der Waals surface area contributed by atoms with E-state index in [2.05, 4.69) is 0 Å². The van der Waals surface area contributed by atoms with Crippen LogP contribution >= 0.6 is 7.60 Å². The Labute approximate surface area is 193 Å². The molecule has 1 fully saturated rings. The first kappa shape index (κ1) is 29.0. The molecule has 0 bridgehead atoms. The van der Waals surface area contributed by atoms with Gasteiger partial charge in [0.1, 0.15) is 6.10 Å². The van der Waals surface area contributed by atoms with Gasteiger partial charge in [0.15, 0.2) is 12.2 Å². The molecule has 0 aliphatic carbocycles. The third-order valence-corrected chi connectivity index (χ3v) is 6.52. The van der Waals surface area contributed by atoms with Gasteiger partial charge in [0.2, 0.25) is 12.4 Å². The minimum atomic E-state index is -3.34. The van der Waals surface area contributed by atoms with Crippen LogP contribution in [0, 0.1) is 0 Å². The van der Waals surface area contributed by atoms with Crippen molar-refractivity contribution in [3.8, 4) is 0 Å². The average Bonchev–Trinajstić information content (AvgIpc) is 2.66. The molecule has 0 unspecified atom stereocenters. The summed E-state index contributed by atoms with van der Waals surface area (Å²) in [7, 11) is -3.34. The van der Waals surface area contributed by atoms with Crippen molar-refractivity contribution in [3.63, 3.8) is 0 Å². The summed E-state index contributed by atoms with van der Waals surface area (Å²) in [6.07, 6.45) is -5.84. The second-order valence-corrected chi connectivity index (χ2v) is 9.37. The highest BCUT2D eigenvalue weighted by molar-refractivity contribution is 7.53. The molecule has 0 spiro atoms. The van der Waals surface area contributed by atoms with Gasteiger partial charge in [-0.3, -0.25) is 23.7 Å². The van der Waals surface area contributed by atoms with Crippen LogP contribution in [0.3, 0.4) is 0 Å². The topological polar surface area (TPSA) is 150 Å². The van der Waals surface area contributed by atoms with Crippen LogP contribution in [0.25, 0.3) is 0 Å². The molecule has 1 aliphatic rings. The zero-order valence-electron chi connectivity index (χ0n) is 19.8. The van der Waals surface area contributed by atoms with Gasteiger partial charge in [-0.05, 0) is 26.7 Å². The number of ether oxygens (including phenoxy) is 5. The standard InChI is InChI=1S/C20H33O12P/c1-7-26-33(25,27-8-2)11-9-10-16-17(28-12(3)21)18(29-13(4)22)19(30-14(5)23)20(32-16)31-15(6)24/h16-20H,7-11H2,1-6H3/t16-,17-,18+,19+,20+/m1/s1. The Hall–Kier alpha value is -2.01. The molecule has 1 aliphatic heterocycles. The van der Waals surface area contributed by atoms with Crippen LogP contribution in [0.15, 0.2) is 0 Å². The first-order valence-electron chi connectivity index (χ1n) is 10.6. The molecular weight excluding hydrogens is 463 g/mol. The molecule has 0 N–H and O–H groups in total.